The number of ketones is 1. The number of amides is 1. The molecule has 30 heavy (non-hydrogen) atoms. The van der Waals surface area contributed by atoms with Gasteiger partial charge in [0.15, 0.2) is 0 Å². The van der Waals surface area contributed by atoms with Crippen molar-refractivity contribution in [3.8, 4) is 5.75 Å². The predicted octanol–water partition coefficient (Wildman–Crippen LogP) is 4.11. The maximum Gasteiger partial charge on any atom is 0.300 e. The van der Waals surface area contributed by atoms with Crippen LogP contribution in [0.5, 0.6) is 5.75 Å². The Balaban J connectivity index is 1.87. The Labute approximate surface area is 174 Å². The largest absolute Gasteiger partial charge is 0.507 e. The first-order valence-electron chi connectivity index (χ1n) is 9.61. The van der Waals surface area contributed by atoms with E-state index in [1.807, 2.05) is 37.3 Å². The van der Waals surface area contributed by atoms with Crippen molar-refractivity contribution in [3.63, 3.8) is 0 Å². The molecule has 150 valence electrons. The summed E-state index contributed by atoms with van der Waals surface area (Å²) in [6.45, 7) is 2.42. The van der Waals surface area contributed by atoms with Crippen molar-refractivity contribution in [1.29, 1.82) is 0 Å². The van der Waals surface area contributed by atoms with Gasteiger partial charge in [0, 0.05) is 23.6 Å². The summed E-state index contributed by atoms with van der Waals surface area (Å²) in [7, 11) is 0. The number of aliphatic hydroxyl groups is 1. The molecular weight excluding hydrogens is 380 g/mol. The van der Waals surface area contributed by atoms with Crippen LogP contribution < -0.4 is 9.64 Å². The van der Waals surface area contributed by atoms with Crippen molar-refractivity contribution in [1.82, 2.24) is 4.98 Å². The van der Waals surface area contributed by atoms with Crippen molar-refractivity contribution < 1.29 is 19.4 Å². The topological polar surface area (TPSA) is 79.7 Å². The van der Waals surface area contributed by atoms with Gasteiger partial charge in [-0.2, -0.15) is 0 Å². The lowest BCUT2D eigenvalue weighted by molar-refractivity contribution is -0.132. The van der Waals surface area contributed by atoms with Gasteiger partial charge in [-0.1, -0.05) is 30.3 Å². The molecule has 0 aliphatic carbocycles. The second-order valence-corrected chi connectivity index (χ2v) is 6.74. The number of Topliss-reactive ketones (excluding diaryl/α,β-unsaturated/α-hetero) is 1. The van der Waals surface area contributed by atoms with E-state index in [1.165, 1.54) is 17.3 Å². The van der Waals surface area contributed by atoms with Crippen LogP contribution in [0.2, 0.25) is 0 Å². The van der Waals surface area contributed by atoms with Crippen molar-refractivity contribution in [3.05, 3.63) is 95.8 Å². The highest BCUT2D eigenvalue weighted by Gasteiger charge is 2.46. The van der Waals surface area contributed by atoms with Gasteiger partial charge in [0.2, 0.25) is 0 Å². The molecule has 0 radical (unpaired) electrons. The minimum Gasteiger partial charge on any atom is -0.507 e. The molecule has 2 heterocycles. The molecule has 1 aliphatic rings. The van der Waals surface area contributed by atoms with E-state index >= 15 is 0 Å². The molecule has 0 saturated carbocycles. The van der Waals surface area contributed by atoms with Crippen LogP contribution in [-0.2, 0) is 9.59 Å². The number of benzene rings is 2. The summed E-state index contributed by atoms with van der Waals surface area (Å²) in [5, 5.41) is 11.0. The van der Waals surface area contributed by atoms with E-state index in [4.69, 9.17) is 4.74 Å². The molecule has 1 aliphatic heterocycles. The fourth-order valence-corrected chi connectivity index (χ4v) is 3.58. The van der Waals surface area contributed by atoms with Crippen LogP contribution >= 0.6 is 0 Å². The van der Waals surface area contributed by atoms with Gasteiger partial charge in [-0.25, -0.2) is 0 Å². The van der Waals surface area contributed by atoms with Gasteiger partial charge >= 0.3 is 0 Å². The Morgan fingerprint density at radius 3 is 2.30 bits per heavy atom. The number of hydrogen-bond acceptors (Lipinski definition) is 5. The number of carbonyl (C=O) groups excluding carboxylic acids is 2. The number of aliphatic hydroxyl groups excluding tert-OH is 1. The van der Waals surface area contributed by atoms with Gasteiger partial charge < -0.3 is 9.84 Å². The zero-order valence-electron chi connectivity index (χ0n) is 16.4. The van der Waals surface area contributed by atoms with Gasteiger partial charge in [-0.3, -0.25) is 19.5 Å². The highest BCUT2D eigenvalue weighted by molar-refractivity contribution is 6.51. The third-order valence-electron chi connectivity index (χ3n) is 4.94. The molecule has 1 fully saturated rings. The summed E-state index contributed by atoms with van der Waals surface area (Å²) in [5.74, 6) is -0.973. The summed E-state index contributed by atoms with van der Waals surface area (Å²) in [4.78, 5) is 31.4. The standard InChI is InChI=1S/C24H20N2O4/c1-2-30-19-10-8-18(9-11-19)26-21(16-6-4-3-5-7-16)20(23(28)24(26)29)22(27)17-12-14-25-15-13-17/h3-15,21,27H,2H2,1H3/b22-20-. The fraction of sp³-hybridized carbons (Fsp3) is 0.125. The summed E-state index contributed by atoms with van der Waals surface area (Å²) >= 11 is 0. The quantitative estimate of drug-likeness (QED) is 0.396. The van der Waals surface area contributed by atoms with E-state index in [2.05, 4.69) is 4.98 Å². The lowest BCUT2D eigenvalue weighted by atomic mass is 9.95. The molecule has 1 unspecified atom stereocenters. The highest BCUT2D eigenvalue weighted by Crippen LogP contribution is 2.42. The smallest absolute Gasteiger partial charge is 0.300 e. The SMILES string of the molecule is CCOc1ccc(N2C(=O)C(=O)/C(=C(\O)c3ccncc3)C2c2ccccc2)cc1. The van der Waals surface area contributed by atoms with Gasteiger partial charge in [0.1, 0.15) is 11.5 Å². The number of aromatic nitrogens is 1. The Kier molecular flexibility index (Phi) is 5.30. The Bertz CT molecular complexity index is 1090. The molecule has 0 spiro atoms. The molecule has 1 aromatic heterocycles. The molecule has 1 atom stereocenters. The van der Waals surface area contributed by atoms with E-state index in [-0.39, 0.29) is 11.3 Å². The first kappa shape index (κ1) is 19.4. The van der Waals surface area contributed by atoms with E-state index in [0.717, 1.165) is 5.56 Å². The maximum atomic E-state index is 13.0. The van der Waals surface area contributed by atoms with Crippen LogP contribution in [0.25, 0.3) is 5.76 Å². The van der Waals surface area contributed by atoms with Gasteiger partial charge in [-0.05, 0) is 48.9 Å². The molecule has 2 aromatic carbocycles. The second kappa shape index (κ2) is 8.21. The number of ether oxygens (including phenoxy) is 1. The van der Waals surface area contributed by atoms with Gasteiger partial charge in [0.25, 0.3) is 11.7 Å². The molecule has 4 rings (SSSR count). The van der Waals surface area contributed by atoms with Gasteiger partial charge in [-0.15, -0.1) is 0 Å². The summed E-state index contributed by atoms with van der Waals surface area (Å²) in [6, 6.07) is 18.6. The van der Waals surface area contributed by atoms with Crippen molar-refractivity contribution in [2.24, 2.45) is 0 Å². The maximum absolute atomic E-state index is 13.0. The number of hydrogen-bond donors (Lipinski definition) is 1. The lowest BCUT2D eigenvalue weighted by Crippen LogP contribution is -2.29. The third kappa shape index (κ3) is 3.43. The molecule has 0 bridgehead atoms. The van der Waals surface area contributed by atoms with E-state index in [0.29, 0.717) is 23.6 Å². The minimum atomic E-state index is -0.752. The Morgan fingerprint density at radius 2 is 1.67 bits per heavy atom. The van der Waals surface area contributed by atoms with E-state index < -0.39 is 17.7 Å². The first-order chi connectivity index (χ1) is 14.6. The number of nitrogens with zero attached hydrogens (tertiary/aromatic N) is 2. The fourth-order valence-electron chi connectivity index (χ4n) is 3.58. The van der Waals surface area contributed by atoms with Crippen LogP contribution in [0, 0.1) is 0 Å². The van der Waals surface area contributed by atoms with Crippen molar-refractivity contribution in [2.45, 2.75) is 13.0 Å². The van der Waals surface area contributed by atoms with Crippen LogP contribution in [0.15, 0.2) is 84.7 Å². The normalized spacial score (nSPS) is 17.9. The molecule has 1 amide bonds. The molecule has 6 nitrogen and oxygen atoms in total. The summed E-state index contributed by atoms with van der Waals surface area (Å²) < 4.78 is 5.47. The van der Waals surface area contributed by atoms with Crippen LogP contribution in [-0.4, -0.2) is 28.4 Å². The van der Waals surface area contributed by atoms with Crippen LogP contribution in [0.4, 0.5) is 5.69 Å². The zero-order chi connectivity index (χ0) is 21.1. The average molecular weight is 400 g/mol. The molecule has 6 heteroatoms. The minimum absolute atomic E-state index is 0.0475. The first-order valence-corrected chi connectivity index (χ1v) is 9.61. The lowest BCUT2D eigenvalue weighted by Gasteiger charge is -2.25. The van der Waals surface area contributed by atoms with Crippen molar-refractivity contribution in [2.75, 3.05) is 11.5 Å². The molecule has 1 saturated heterocycles. The second-order valence-electron chi connectivity index (χ2n) is 6.74. The summed E-state index contributed by atoms with van der Waals surface area (Å²) in [5.41, 5.74) is 1.74. The number of rotatable bonds is 5. The molecule has 3 aromatic rings. The van der Waals surface area contributed by atoms with Crippen LogP contribution in [0.3, 0.4) is 0 Å². The Morgan fingerprint density at radius 1 is 1.00 bits per heavy atom. The average Bonchev–Trinajstić information content (AvgIpc) is 3.06. The zero-order valence-corrected chi connectivity index (χ0v) is 16.4. The third-order valence-corrected chi connectivity index (χ3v) is 4.94. The number of anilines is 1. The van der Waals surface area contributed by atoms with Crippen LogP contribution in [0.1, 0.15) is 24.1 Å². The van der Waals surface area contributed by atoms with Gasteiger partial charge in [0.05, 0.1) is 18.2 Å². The number of pyridine rings is 1. The van der Waals surface area contributed by atoms with Crippen molar-refractivity contribution >= 4 is 23.1 Å². The highest BCUT2D eigenvalue weighted by atomic mass is 16.5. The summed E-state index contributed by atoms with van der Waals surface area (Å²) in [6.07, 6.45) is 3.05. The van der Waals surface area contributed by atoms with E-state index in [1.54, 1.807) is 36.4 Å². The number of carbonyl (C=O) groups is 2. The molecular formula is C24H20N2O4. The van der Waals surface area contributed by atoms with E-state index in [9.17, 15) is 14.7 Å². The monoisotopic (exact) mass is 400 g/mol. The Hall–Kier alpha value is -3.93. The molecule has 1 N–H and O–H groups in total. The predicted molar refractivity (Wildman–Crippen MR) is 113 cm³/mol.